The summed E-state index contributed by atoms with van der Waals surface area (Å²) in [5, 5.41) is 8.55. The highest BCUT2D eigenvalue weighted by Crippen LogP contribution is 2.19. The van der Waals surface area contributed by atoms with Gasteiger partial charge in [-0.25, -0.2) is 4.39 Å². The Morgan fingerprint density at radius 1 is 1.62 bits per heavy atom. The van der Waals surface area contributed by atoms with Crippen LogP contribution in [0.3, 0.4) is 0 Å². The predicted octanol–water partition coefficient (Wildman–Crippen LogP) is 2.44. The number of nitrogens with zero attached hydrogens (tertiary/aromatic N) is 1. The number of ether oxygens (including phenoxy) is 1. The maximum Gasteiger partial charge on any atom is 0.172 e. The number of carbonyl (C=O) groups excluding carboxylic acids is 1. The van der Waals surface area contributed by atoms with E-state index in [0.717, 1.165) is 6.07 Å². The fourth-order valence-corrected chi connectivity index (χ4v) is 1.21. The van der Waals surface area contributed by atoms with Crippen LogP contribution in [0, 0.1) is 17.1 Å². The number of hydrogen-bond acceptors (Lipinski definition) is 3. The zero-order valence-corrected chi connectivity index (χ0v) is 9.16. The first-order valence-corrected chi connectivity index (χ1v) is 4.97. The minimum Gasteiger partial charge on any atom is -0.480 e. The Balaban J connectivity index is 2.83. The molecule has 0 fully saturated rings. The summed E-state index contributed by atoms with van der Waals surface area (Å²) in [4.78, 5) is 11.3. The Morgan fingerprint density at radius 2 is 2.31 bits per heavy atom. The first-order chi connectivity index (χ1) is 7.58. The highest BCUT2D eigenvalue weighted by molar-refractivity contribution is 5.82. The van der Waals surface area contributed by atoms with Crippen molar-refractivity contribution >= 4 is 5.78 Å². The van der Waals surface area contributed by atoms with E-state index >= 15 is 0 Å². The summed E-state index contributed by atoms with van der Waals surface area (Å²) >= 11 is 0. The summed E-state index contributed by atoms with van der Waals surface area (Å²) < 4.78 is 18.5. The highest BCUT2D eigenvalue weighted by atomic mass is 19.1. The third kappa shape index (κ3) is 2.80. The van der Waals surface area contributed by atoms with E-state index in [-0.39, 0.29) is 17.1 Å². The molecule has 84 valence electrons. The summed E-state index contributed by atoms with van der Waals surface area (Å²) in [5.41, 5.74) is 0.222. The van der Waals surface area contributed by atoms with E-state index in [9.17, 15) is 9.18 Å². The lowest BCUT2D eigenvalue weighted by atomic mass is 10.2. The summed E-state index contributed by atoms with van der Waals surface area (Å²) in [7, 11) is 0. The molecule has 0 amide bonds. The molecule has 4 heteroatoms. The first-order valence-electron chi connectivity index (χ1n) is 4.97. The van der Waals surface area contributed by atoms with Crippen LogP contribution in [0.15, 0.2) is 18.2 Å². The van der Waals surface area contributed by atoms with Gasteiger partial charge in [0.25, 0.3) is 0 Å². The van der Waals surface area contributed by atoms with Crippen LogP contribution in [0.2, 0.25) is 0 Å². The summed E-state index contributed by atoms with van der Waals surface area (Å²) in [5.74, 6) is -0.730. The van der Waals surface area contributed by atoms with E-state index in [1.54, 1.807) is 13.8 Å². The molecule has 1 aromatic rings. The van der Waals surface area contributed by atoms with Crippen LogP contribution < -0.4 is 4.74 Å². The summed E-state index contributed by atoms with van der Waals surface area (Å²) in [6.07, 6.45) is -0.327. The second-order valence-electron chi connectivity index (χ2n) is 3.34. The Kier molecular flexibility index (Phi) is 4.01. The van der Waals surface area contributed by atoms with E-state index < -0.39 is 11.9 Å². The maximum absolute atomic E-state index is 13.4. The largest absolute Gasteiger partial charge is 0.480 e. The Labute approximate surface area is 93.5 Å². The zero-order valence-electron chi connectivity index (χ0n) is 9.16. The van der Waals surface area contributed by atoms with Gasteiger partial charge in [0.1, 0.15) is 0 Å². The van der Waals surface area contributed by atoms with Gasteiger partial charge in [-0.3, -0.25) is 4.79 Å². The van der Waals surface area contributed by atoms with Gasteiger partial charge in [-0.05, 0) is 25.1 Å². The van der Waals surface area contributed by atoms with Gasteiger partial charge in [-0.2, -0.15) is 5.26 Å². The predicted molar refractivity (Wildman–Crippen MR) is 56.5 cm³/mol. The molecule has 0 bridgehead atoms. The Hall–Kier alpha value is -1.89. The van der Waals surface area contributed by atoms with Gasteiger partial charge in [0, 0.05) is 6.42 Å². The van der Waals surface area contributed by atoms with Crippen LogP contribution in [0.25, 0.3) is 0 Å². The molecule has 1 rings (SSSR count). The normalized spacial score (nSPS) is 11.6. The van der Waals surface area contributed by atoms with E-state index in [1.165, 1.54) is 12.1 Å². The fraction of sp³-hybridized carbons (Fsp3) is 0.333. The number of benzene rings is 1. The monoisotopic (exact) mass is 221 g/mol. The van der Waals surface area contributed by atoms with Gasteiger partial charge in [0.2, 0.25) is 0 Å². The number of nitriles is 1. The van der Waals surface area contributed by atoms with Crippen LogP contribution >= 0.6 is 0 Å². The molecular formula is C12H12FNO2. The minimum atomic E-state index is -0.674. The van der Waals surface area contributed by atoms with Crippen molar-refractivity contribution in [3.63, 3.8) is 0 Å². The molecule has 0 aliphatic rings. The van der Waals surface area contributed by atoms with Crippen LogP contribution in [-0.2, 0) is 4.79 Å². The third-order valence-corrected chi connectivity index (χ3v) is 2.17. The van der Waals surface area contributed by atoms with Gasteiger partial charge in [-0.15, -0.1) is 0 Å². The summed E-state index contributed by atoms with van der Waals surface area (Å²) in [6.45, 7) is 3.29. The molecule has 0 radical (unpaired) electrons. The molecule has 0 aliphatic heterocycles. The van der Waals surface area contributed by atoms with Crippen molar-refractivity contribution in [3.8, 4) is 11.8 Å². The standard InChI is InChI=1S/C12H12FNO2/c1-3-11(15)8(2)16-12-5-4-9(7-14)6-10(12)13/h4-6,8H,3H2,1-2H3. The first kappa shape index (κ1) is 12.2. The SMILES string of the molecule is CCC(=O)C(C)Oc1ccc(C#N)cc1F. The lowest BCUT2D eigenvalue weighted by Crippen LogP contribution is -2.23. The Bertz CT molecular complexity index is 437. The third-order valence-electron chi connectivity index (χ3n) is 2.17. The van der Waals surface area contributed by atoms with Gasteiger partial charge in [0.15, 0.2) is 23.5 Å². The van der Waals surface area contributed by atoms with Crippen molar-refractivity contribution in [1.29, 1.82) is 5.26 Å². The molecule has 0 spiro atoms. The highest BCUT2D eigenvalue weighted by Gasteiger charge is 2.14. The Morgan fingerprint density at radius 3 is 2.81 bits per heavy atom. The van der Waals surface area contributed by atoms with Crippen molar-refractivity contribution in [2.24, 2.45) is 0 Å². The van der Waals surface area contributed by atoms with E-state index in [4.69, 9.17) is 10.00 Å². The van der Waals surface area contributed by atoms with Gasteiger partial charge in [0.05, 0.1) is 11.6 Å². The topological polar surface area (TPSA) is 50.1 Å². The van der Waals surface area contributed by atoms with Crippen molar-refractivity contribution in [2.75, 3.05) is 0 Å². The van der Waals surface area contributed by atoms with Crippen LogP contribution in [0.4, 0.5) is 4.39 Å². The maximum atomic E-state index is 13.4. The molecule has 0 aromatic heterocycles. The number of Topliss-reactive ketones (excluding diaryl/α,β-unsaturated/α-hetero) is 1. The quantitative estimate of drug-likeness (QED) is 0.784. The molecular weight excluding hydrogens is 209 g/mol. The minimum absolute atomic E-state index is 0.00620. The molecule has 0 aliphatic carbocycles. The molecule has 0 saturated heterocycles. The van der Waals surface area contributed by atoms with Crippen LogP contribution in [0.1, 0.15) is 25.8 Å². The molecule has 1 atom stereocenters. The van der Waals surface area contributed by atoms with Gasteiger partial charge in [-0.1, -0.05) is 6.92 Å². The average Bonchev–Trinajstić information content (AvgIpc) is 2.30. The average molecular weight is 221 g/mol. The van der Waals surface area contributed by atoms with Crippen molar-refractivity contribution in [2.45, 2.75) is 26.4 Å². The number of hydrogen-bond donors (Lipinski definition) is 0. The molecule has 1 aromatic carbocycles. The second-order valence-corrected chi connectivity index (χ2v) is 3.34. The van der Waals surface area contributed by atoms with E-state index in [2.05, 4.69) is 0 Å². The van der Waals surface area contributed by atoms with Gasteiger partial charge >= 0.3 is 0 Å². The number of halogens is 1. The molecule has 0 heterocycles. The van der Waals surface area contributed by atoms with Gasteiger partial charge < -0.3 is 4.74 Å². The number of carbonyl (C=O) groups is 1. The van der Waals surface area contributed by atoms with Crippen LogP contribution in [-0.4, -0.2) is 11.9 Å². The number of ketones is 1. The lowest BCUT2D eigenvalue weighted by Gasteiger charge is -2.13. The zero-order chi connectivity index (χ0) is 12.1. The molecule has 16 heavy (non-hydrogen) atoms. The van der Waals surface area contributed by atoms with Crippen molar-refractivity contribution < 1.29 is 13.9 Å². The van der Waals surface area contributed by atoms with E-state index in [1.807, 2.05) is 6.07 Å². The van der Waals surface area contributed by atoms with Crippen LogP contribution in [0.5, 0.6) is 5.75 Å². The van der Waals surface area contributed by atoms with Crippen molar-refractivity contribution in [3.05, 3.63) is 29.6 Å². The second kappa shape index (κ2) is 5.26. The smallest absolute Gasteiger partial charge is 0.172 e. The number of rotatable bonds is 4. The molecule has 1 unspecified atom stereocenters. The fourth-order valence-electron chi connectivity index (χ4n) is 1.21. The molecule has 3 nitrogen and oxygen atoms in total. The molecule has 0 N–H and O–H groups in total. The van der Waals surface area contributed by atoms with Crippen molar-refractivity contribution in [1.82, 2.24) is 0 Å². The molecule has 0 saturated carbocycles. The lowest BCUT2D eigenvalue weighted by molar-refractivity contribution is -0.124. The summed E-state index contributed by atoms with van der Waals surface area (Å²) in [6, 6.07) is 5.70. The van der Waals surface area contributed by atoms with E-state index in [0.29, 0.717) is 6.42 Å².